The Morgan fingerprint density at radius 1 is 0.549 bits per heavy atom. The number of benzene rings is 6. The van der Waals surface area contributed by atoms with Crippen LogP contribution in [0.5, 0.6) is 0 Å². The van der Waals surface area contributed by atoms with E-state index in [2.05, 4.69) is 149 Å². The molecule has 0 saturated carbocycles. The number of nitrogens with one attached hydrogen (secondary N) is 3. The Bertz CT molecular complexity index is 2810. The Morgan fingerprint density at radius 3 is 2.20 bits per heavy atom. The minimum atomic E-state index is -0.0440. The van der Waals surface area contributed by atoms with Crippen molar-refractivity contribution in [1.29, 1.82) is 0 Å². The lowest BCUT2D eigenvalue weighted by Gasteiger charge is -2.42. The molecular formula is C45H33N3O2S. The van der Waals surface area contributed by atoms with E-state index in [9.17, 15) is 0 Å². The summed E-state index contributed by atoms with van der Waals surface area (Å²) in [5.41, 5.74) is 8.53. The first kappa shape index (κ1) is 29.3. The summed E-state index contributed by atoms with van der Waals surface area (Å²) in [5, 5.41) is 17.8. The highest BCUT2D eigenvalue weighted by Gasteiger charge is 2.35. The molecule has 0 radical (unpaired) electrons. The first-order valence-corrected chi connectivity index (χ1v) is 18.4. The molecule has 11 rings (SSSR count). The van der Waals surface area contributed by atoms with Crippen LogP contribution in [-0.4, -0.2) is 6.17 Å². The summed E-state index contributed by atoms with van der Waals surface area (Å²) < 4.78 is 15.8. The minimum Gasteiger partial charge on any atom is -0.460 e. The molecule has 246 valence electrons. The molecule has 6 heteroatoms. The molecule has 3 aromatic heterocycles. The number of hydrogen-bond donors (Lipinski definition) is 3. The van der Waals surface area contributed by atoms with Gasteiger partial charge in [0.15, 0.2) is 0 Å². The van der Waals surface area contributed by atoms with Gasteiger partial charge in [-0.2, -0.15) is 0 Å². The molecular weight excluding hydrogens is 647 g/mol. The van der Waals surface area contributed by atoms with Gasteiger partial charge in [-0.3, -0.25) is 16.0 Å². The predicted octanol–water partition coefficient (Wildman–Crippen LogP) is 11.1. The highest BCUT2D eigenvalue weighted by atomic mass is 32.1. The molecule has 1 saturated heterocycles. The van der Waals surface area contributed by atoms with Gasteiger partial charge in [-0.1, -0.05) is 121 Å². The van der Waals surface area contributed by atoms with Crippen LogP contribution in [0.4, 0.5) is 0 Å². The summed E-state index contributed by atoms with van der Waals surface area (Å²) in [6.45, 7) is 0. The third-order valence-electron chi connectivity index (χ3n) is 10.8. The zero-order valence-electron chi connectivity index (χ0n) is 27.6. The molecule has 2 aliphatic rings. The molecule has 9 aromatic rings. The molecule has 1 aliphatic heterocycles. The van der Waals surface area contributed by atoms with E-state index in [1.54, 1.807) is 0 Å². The second kappa shape index (κ2) is 11.5. The van der Waals surface area contributed by atoms with Crippen molar-refractivity contribution in [1.82, 2.24) is 16.0 Å². The third-order valence-corrected chi connectivity index (χ3v) is 11.9. The standard InChI is InChI=1S/C45H33N3O2S/c1-2-10-26(11-3-1)43-46-44(48-45(47-43)28-20-22-31-30-13-5-7-19-39(30)51-40(31)25-28)27-21-23-35-38(24-27)49-37-18-9-14-32(41(35)37)34-16-8-15-33-29-12-4-6-17-36(29)50-42(33)34/h1-23,25,27,43-48H,24H2. The molecule has 0 bridgehead atoms. The van der Waals surface area contributed by atoms with Crippen molar-refractivity contribution < 1.29 is 8.83 Å². The van der Waals surface area contributed by atoms with Crippen molar-refractivity contribution in [3.8, 4) is 11.1 Å². The van der Waals surface area contributed by atoms with Gasteiger partial charge in [-0.25, -0.2) is 0 Å². The van der Waals surface area contributed by atoms with Crippen molar-refractivity contribution in [2.24, 2.45) is 5.92 Å². The van der Waals surface area contributed by atoms with Crippen LogP contribution in [0.3, 0.4) is 0 Å². The normalized spacial score (nSPS) is 20.5. The van der Waals surface area contributed by atoms with Gasteiger partial charge in [0, 0.05) is 59.8 Å². The highest BCUT2D eigenvalue weighted by molar-refractivity contribution is 7.25. The van der Waals surface area contributed by atoms with Crippen molar-refractivity contribution in [2.75, 3.05) is 0 Å². The van der Waals surface area contributed by atoms with E-state index in [4.69, 9.17) is 8.83 Å². The maximum absolute atomic E-state index is 6.69. The maximum atomic E-state index is 6.69. The molecule has 51 heavy (non-hydrogen) atoms. The largest absolute Gasteiger partial charge is 0.460 e. The maximum Gasteiger partial charge on any atom is 0.143 e. The molecule has 0 amide bonds. The Balaban J connectivity index is 0.961. The topological polar surface area (TPSA) is 62.4 Å². The summed E-state index contributed by atoms with van der Waals surface area (Å²) >= 11 is 1.86. The molecule has 3 N–H and O–H groups in total. The van der Waals surface area contributed by atoms with E-state index in [0.29, 0.717) is 0 Å². The molecule has 1 fully saturated rings. The van der Waals surface area contributed by atoms with Crippen LogP contribution in [0.15, 0.2) is 148 Å². The Morgan fingerprint density at radius 2 is 1.27 bits per heavy atom. The van der Waals surface area contributed by atoms with Crippen LogP contribution in [0.25, 0.3) is 70.3 Å². The number of thiophene rings is 1. The lowest BCUT2D eigenvalue weighted by Crippen LogP contribution is -2.61. The quantitative estimate of drug-likeness (QED) is 0.173. The second-order valence-electron chi connectivity index (χ2n) is 13.7. The van der Waals surface area contributed by atoms with Crippen molar-refractivity contribution >= 4 is 70.5 Å². The third kappa shape index (κ3) is 4.72. The lowest BCUT2D eigenvalue weighted by atomic mass is 9.88. The number of fused-ring (bicyclic) bond motifs is 9. The van der Waals surface area contributed by atoms with Gasteiger partial charge in [0.05, 0.1) is 18.5 Å². The first-order chi connectivity index (χ1) is 25.2. The molecule has 0 spiro atoms. The molecule has 6 aromatic carbocycles. The van der Waals surface area contributed by atoms with Gasteiger partial charge in [0.25, 0.3) is 0 Å². The molecule has 5 nitrogen and oxygen atoms in total. The number of para-hydroxylation sites is 2. The molecule has 4 heterocycles. The van der Waals surface area contributed by atoms with Gasteiger partial charge < -0.3 is 8.83 Å². The average Bonchev–Trinajstić information content (AvgIpc) is 3.88. The van der Waals surface area contributed by atoms with E-state index >= 15 is 0 Å². The summed E-state index contributed by atoms with van der Waals surface area (Å²) in [4.78, 5) is 0. The van der Waals surface area contributed by atoms with Crippen molar-refractivity contribution in [2.45, 2.75) is 24.9 Å². The van der Waals surface area contributed by atoms with Gasteiger partial charge in [-0.05, 0) is 41.0 Å². The van der Waals surface area contributed by atoms with Crippen LogP contribution in [0.2, 0.25) is 0 Å². The summed E-state index contributed by atoms with van der Waals surface area (Å²) in [7, 11) is 0. The molecule has 1 aliphatic carbocycles. The fourth-order valence-corrected chi connectivity index (χ4v) is 9.49. The van der Waals surface area contributed by atoms with E-state index in [1.807, 2.05) is 23.5 Å². The fraction of sp³-hybridized carbons (Fsp3) is 0.111. The van der Waals surface area contributed by atoms with E-state index < -0.39 is 0 Å². The Labute approximate surface area is 298 Å². The number of rotatable bonds is 4. The Hall–Kier alpha value is -5.50. The zero-order valence-corrected chi connectivity index (χ0v) is 28.4. The van der Waals surface area contributed by atoms with Crippen LogP contribution < -0.4 is 16.0 Å². The average molecular weight is 680 g/mol. The van der Waals surface area contributed by atoms with Gasteiger partial charge in [-0.15, -0.1) is 11.3 Å². The summed E-state index contributed by atoms with van der Waals surface area (Å²) in [6, 6.07) is 47.4. The lowest BCUT2D eigenvalue weighted by molar-refractivity contribution is 0.167. The van der Waals surface area contributed by atoms with Gasteiger partial charge in [0.2, 0.25) is 0 Å². The van der Waals surface area contributed by atoms with E-state index in [0.717, 1.165) is 61.8 Å². The smallest absolute Gasteiger partial charge is 0.143 e. The van der Waals surface area contributed by atoms with Crippen molar-refractivity contribution in [3.05, 3.63) is 162 Å². The number of hydrogen-bond acceptors (Lipinski definition) is 6. The van der Waals surface area contributed by atoms with E-state index in [-0.39, 0.29) is 24.4 Å². The zero-order chi connectivity index (χ0) is 33.5. The van der Waals surface area contributed by atoms with Crippen LogP contribution in [0, 0.1) is 5.92 Å². The number of furan rings is 2. The van der Waals surface area contributed by atoms with Crippen molar-refractivity contribution in [3.63, 3.8) is 0 Å². The highest BCUT2D eigenvalue weighted by Crippen LogP contribution is 2.43. The molecule has 4 unspecified atom stereocenters. The fourth-order valence-electron chi connectivity index (χ4n) is 8.33. The van der Waals surface area contributed by atoms with Crippen LogP contribution >= 0.6 is 11.3 Å². The predicted molar refractivity (Wildman–Crippen MR) is 210 cm³/mol. The SMILES string of the molecule is C1=CC(C2NC(c3ccccc3)NC(c3ccc4c(c3)sc3ccccc34)N2)Cc2oc3cccc(-c4cccc5c4oc4ccccc45)c3c21. The summed E-state index contributed by atoms with van der Waals surface area (Å²) in [5.74, 6) is 1.19. The molecule has 4 atom stereocenters. The minimum absolute atomic E-state index is 0.000871. The van der Waals surface area contributed by atoms with Gasteiger partial charge >= 0.3 is 0 Å². The first-order valence-electron chi connectivity index (χ1n) is 17.6. The van der Waals surface area contributed by atoms with Crippen LogP contribution in [0.1, 0.15) is 34.8 Å². The van der Waals surface area contributed by atoms with E-state index in [1.165, 1.54) is 31.3 Å². The monoisotopic (exact) mass is 679 g/mol. The van der Waals surface area contributed by atoms with Crippen LogP contribution in [-0.2, 0) is 6.42 Å². The Kier molecular flexibility index (Phi) is 6.61. The van der Waals surface area contributed by atoms with Gasteiger partial charge in [0.1, 0.15) is 22.5 Å². The second-order valence-corrected chi connectivity index (χ2v) is 14.8. The summed E-state index contributed by atoms with van der Waals surface area (Å²) in [6.07, 6.45) is 5.35.